The van der Waals surface area contributed by atoms with Crippen molar-refractivity contribution in [1.29, 1.82) is 0 Å². The Hall–Kier alpha value is -3.44. The summed E-state index contributed by atoms with van der Waals surface area (Å²) in [5, 5.41) is 0. The molecule has 4 aliphatic rings. The van der Waals surface area contributed by atoms with Crippen LogP contribution in [-0.4, -0.2) is 47.8 Å². The van der Waals surface area contributed by atoms with E-state index in [2.05, 4.69) is 4.74 Å². The van der Waals surface area contributed by atoms with Crippen molar-refractivity contribution in [2.24, 2.45) is 41.4 Å². The second-order valence-corrected chi connectivity index (χ2v) is 8.36. The molecule has 3 saturated heterocycles. The molecule has 12 heteroatoms. The second kappa shape index (κ2) is 7.92. The normalized spacial score (nSPS) is 36.8. The summed E-state index contributed by atoms with van der Waals surface area (Å²) in [6.07, 6.45) is -0.839. The summed E-state index contributed by atoms with van der Waals surface area (Å²) in [4.78, 5) is 98.2. The van der Waals surface area contributed by atoms with Gasteiger partial charge in [-0.05, 0) is 25.7 Å². The van der Waals surface area contributed by atoms with E-state index in [0.29, 0.717) is 0 Å². The number of carbonyl (C=O) groups is 8. The summed E-state index contributed by atoms with van der Waals surface area (Å²) < 4.78 is 18.8. The summed E-state index contributed by atoms with van der Waals surface area (Å²) in [7, 11) is 0. The maximum absolute atomic E-state index is 12.5. The van der Waals surface area contributed by atoms with Gasteiger partial charge < -0.3 is 18.9 Å². The third-order valence-electron chi connectivity index (χ3n) is 6.54. The Bertz CT molecular complexity index is 964. The number of cyclic esters (lactones) is 6. The molecular weight excluding hydrogens is 432 g/mol. The zero-order valence-corrected chi connectivity index (χ0v) is 16.8. The molecule has 0 spiro atoms. The lowest BCUT2D eigenvalue weighted by molar-refractivity contribution is -0.179. The van der Waals surface area contributed by atoms with Gasteiger partial charge in [0.25, 0.3) is 0 Å². The molecular formula is C20H18O12. The van der Waals surface area contributed by atoms with Crippen LogP contribution in [0.15, 0.2) is 0 Å². The Labute approximate surface area is 179 Å². The van der Waals surface area contributed by atoms with Gasteiger partial charge in [-0.15, -0.1) is 0 Å². The number of ether oxygens (including phenoxy) is 4. The minimum Gasteiger partial charge on any atom is -0.393 e. The molecule has 7 unspecified atom stereocenters. The van der Waals surface area contributed by atoms with Gasteiger partial charge in [0.1, 0.15) is 0 Å². The van der Waals surface area contributed by atoms with Gasteiger partial charge in [0.05, 0.1) is 41.4 Å². The molecule has 0 N–H and O–H groups in total. The highest BCUT2D eigenvalue weighted by molar-refractivity contribution is 6.03. The predicted octanol–water partition coefficient (Wildman–Crippen LogP) is -0.786. The molecule has 4 fully saturated rings. The van der Waals surface area contributed by atoms with E-state index in [1.807, 2.05) is 0 Å². The van der Waals surface area contributed by atoms with Gasteiger partial charge in [0, 0.05) is 6.92 Å². The summed E-state index contributed by atoms with van der Waals surface area (Å²) in [6.45, 7) is 1.01. The van der Waals surface area contributed by atoms with Crippen LogP contribution in [0.2, 0.25) is 0 Å². The maximum Gasteiger partial charge on any atom is 0.318 e. The van der Waals surface area contributed by atoms with Crippen LogP contribution in [0.25, 0.3) is 0 Å². The molecule has 0 aromatic heterocycles. The Morgan fingerprint density at radius 3 is 1.62 bits per heavy atom. The predicted molar refractivity (Wildman–Crippen MR) is 93.0 cm³/mol. The first-order valence-corrected chi connectivity index (χ1v) is 10.1. The van der Waals surface area contributed by atoms with Crippen molar-refractivity contribution in [3.8, 4) is 0 Å². The Morgan fingerprint density at radius 2 is 1.09 bits per heavy atom. The van der Waals surface area contributed by atoms with Crippen molar-refractivity contribution < 1.29 is 57.3 Å². The van der Waals surface area contributed by atoms with Crippen LogP contribution in [0.3, 0.4) is 0 Å². The Balaban J connectivity index is 1.77. The molecule has 12 nitrogen and oxygen atoms in total. The van der Waals surface area contributed by atoms with Gasteiger partial charge in [-0.1, -0.05) is 0 Å². The number of carbonyl (C=O) groups excluding carboxylic acids is 8. The highest BCUT2D eigenvalue weighted by Crippen LogP contribution is 2.46. The number of rotatable bonds is 1. The van der Waals surface area contributed by atoms with Gasteiger partial charge in [-0.25, -0.2) is 0 Å². The molecule has 3 aliphatic heterocycles. The minimum absolute atomic E-state index is 0.102. The van der Waals surface area contributed by atoms with Crippen molar-refractivity contribution in [2.75, 3.05) is 0 Å². The molecule has 0 radical (unpaired) electrons. The second-order valence-electron chi connectivity index (χ2n) is 8.36. The topological polar surface area (TPSA) is 173 Å². The molecule has 0 aromatic rings. The zero-order valence-electron chi connectivity index (χ0n) is 16.8. The average molecular weight is 450 g/mol. The lowest BCUT2D eigenvalue weighted by Crippen LogP contribution is -2.45. The summed E-state index contributed by atoms with van der Waals surface area (Å²) >= 11 is 0. The maximum atomic E-state index is 12.5. The summed E-state index contributed by atoms with van der Waals surface area (Å²) in [5.41, 5.74) is 0. The van der Waals surface area contributed by atoms with Crippen molar-refractivity contribution in [3.05, 3.63) is 0 Å². The van der Waals surface area contributed by atoms with Crippen LogP contribution in [0.5, 0.6) is 0 Å². The third kappa shape index (κ3) is 3.59. The minimum atomic E-state index is -1.36. The lowest BCUT2D eigenvalue weighted by atomic mass is 9.71. The lowest BCUT2D eigenvalue weighted by Gasteiger charge is -2.32. The Morgan fingerprint density at radius 1 is 0.656 bits per heavy atom. The van der Waals surface area contributed by atoms with Crippen molar-refractivity contribution in [3.63, 3.8) is 0 Å². The zero-order chi connectivity index (χ0) is 23.3. The highest BCUT2D eigenvalue weighted by Gasteiger charge is 2.59. The Kier molecular flexibility index (Phi) is 5.39. The smallest absolute Gasteiger partial charge is 0.318 e. The number of hydrogen-bond donors (Lipinski definition) is 0. The van der Waals surface area contributed by atoms with Gasteiger partial charge in [-0.2, -0.15) is 0 Å². The molecule has 0 amide bonds. The monoisotopic (exact) mass is 450 g/mol. The van der Waals surface area contributed by atoms with Crippen LogP contribution < -0.4 is 0 Å². The molecule has 2 bridgehead atoms. The fourth-order valence-electron chi connectivity index (χ4n) is 5.08. The van der Waals surface area contributed by atoms with Gasteiger partial charge in [0.2, 0.25) is 0 Å². The number of fused-ring (bicyclic) bond motifs is 6. The SMILES string of the molecule is CC(=O)OC(=O)C1CCC2C(=O)OC(=O)C2C2CC(C(=O)OC2=O)C2C(=O)OC(=O)C2C1. The first-order valence-electron chi connectivity index (χ1n) is 10.1. The van der Waals surface area contributed by atoms with Crippen LogP contribution >= 0.6 is 0 Å². The molecule has 32 heavy (non-hydrogen) atoms. The van der Waals surface area contributed by atoms with E-state index >= 15 is 0 Å². The van der Waals surface area contributed by atoms with E-state index in [-0.39, 0.29) is 25.7 Å². The molecule has 7 atom stereocenters. The van der Waals surface area contributed by atoms with E-state index in [1.165, 1.54) is 0 Å². The highest BCUT2D eigenvalue weighted by atomic mass is 16.6. The third-order valence-corrected chi connectivity index (χ3v) is 6.54. The van der Waals surface area contributed by atoms with Gasteiger partial charge >= 0.3 is 47.8 Å². The fourth-order valence-corrected chi connectivity index (χ4v) is 5.08. The average Bonchev–Trinajstić information content (AvgIpc) is 3.11. The van der Waals surface area contributed by atoms with Crippen molar-refractivity contribution in [2.45, 2.75) is 32.6 Å². The van der Waals surface area contributed by atoms with Crippen LogP contribution in [0.1, 0.15) is 32.6 Å². The molecule has 0 aromatic carbocycles. The van der Waals surface area contributed by atoms with Gasteiger partial charge in [-0.3, -0.25) is 38.4 Å². The number of esters is 8. The van der Waals surface area contributed by atoms with Crippen LogP contribution in [0, 0.1) is 41.4 Å². The largest absolute Gasteiger partial charge is 0.393 e. The van der Waals surface area contributed by atoms with E-state index in [0.717, 1.165) is 6.92 Å². The molecule has 1 saturated carbocycles. The summed E-state index contributed by atoms with van der Waals surface area (Å²) in [6, 6.07) is 0. The molecule has 1 aliphatic carbocycles. The van der Waals surface area contributed by atoms with Crippen molar-refractivity contribution >= 4 is 47.8 Å². The molecule has 170 valence electrons. The van der Waals surface area contributed by atoms with Gasteiger partial charge in [0.15, 0.2) is 0 Å². The fraction of sp³-hybridized carbons (Fsp3) is 0.600. The van der Waals surface area contributed by atoms with E-state index < -0.39 is 89.2 Å². The summed E-state index contributed by atoms with van der Waals surface area (Å²) in [5.74, 6) is -16.5. The van der Waals surface area contributed by atoms with E-state index in [1.54, 1.807) is 0 Å². The van der Waals surface area contributed by atoms with E-state index in [9.17, 15) is 38.4 Å². The molecule has 3 heterocycles. The van der Waals surface area contributed by atoms with Crippen LogP contribution in [-0.2, 0) is 57.3 Å². The van der Waals surface area contributed by atoms with Crippen LogP contribution in [0.4, 0.5) is 0 Å². The quantitative estimate of drug-likeness (QED) is 0.277. The van der Waals surface area contributed by atoms with Crippen molar-refractivity contribution in [1.82, 2.24) is 0 Å². The molecule has 4 rings (SSSR count). The number of hydrogen-bond acceptors (Lipinski definition) is 12. The first-order chi connectivity index (χ1) is 15.1. The first kappa shape index (κ1) is 21.8. The standard InChI is InChI=1S/C20H18O12/c1-6(21)29-14(22)7-2-3-8-12(19(27)31-15(8)23)10-5-11(18(26)30-17(10)25)13-9(4-7)16(24)32-20(13)28/h7-13H,2-5H2,1H3. The van der Waals surface area contributed by atoms with E-state index in [4.69, 9.17) is 14.2 Å².